The molecule has 6 aromatic rings. The molecule has 8 rings (SSSR count). The first-order valence-corrected chi connectivity index (χ1v) is 13.0. The van der Waals surface area contributed by atoms with E-state index in [0.717, 1.165) is 52.5 Å². The second-order valence-corrected chi connectivity index (χ2v) is 10.3. The predicted octanol–water partition coefficient (Wildman–Crippen LogP) is 4.43. The number of H-pyrrole nitrogens is 1. The van der Waals surface area contributed by atoms with Gasteiger partial charge in [0.2, 0.25) is 0 Å². The molecule has 10 heteroatoms. The van der Waals surface area contributed by atoms with E-state index in [4.69, 9.17) is 15.1 Å². The first-order valence-electron chi connectivity index (χ1n) is 13.0. The van der Waals surface area contributed by atoms with Crippen molar-refractivity contribution in [1.29, 1.82) is 0 Å². The maximum Gasteiger partial charge on any atom is 0.164 e. The Bertz CT molecular complexity index is 1840. The number of pyridine rings is 2. The predicted molar refractivity (Wildman–Crippen MR) is 147 cm³/mol. The molecule has 2 saturated heterocycles. The third-order valence-electron chi connectivity index (χ3n) is 8.16. The fourth-order valence-electron chi connectivity index (χ4n) is 6.20. The summed E-state index contributed by atoms with van der Waals surface area (Å²) in [6.07, 6.45) is 10.0. The van der Waals surface area contributed by atoms with Crippen molar-refractivity contribution >= 4 is 22.4 Å². The van der Waals surface area contributed by atoms with Crippen LogP contribution in [0.3, 0.4) is 0 Å². The maximum absolute atomic E-state index is 14.5. The van der Waals surface area contributed by atoms with Crippen molar-refractivity contribution in [2.45, 2.75) is 18.5 Å². The summed E-state index contributed by atoms with van der Waals surface area (Å²) in [5.41, 5.74) is 6.05. The number of piperazine rings is 1. The van der Waals surface area contributed by atoms with Crippen molar-refractivity contribution in [3.8, 4) is 33.6 Å². The van der Waals surface area contributed by atoms with Crippen LogP contribution < -0.4 is 4.90 Å². The van der Waals surface area contributed by atoms with Gasteiger partial charge in [-0.2, -0.15) is 10.2 Å². The normalized spacial score (nSPS) is 19.1. The average Bonchev–Trinajstić information content (AvgIpc) is 3.77. The lowest BCUT2D eigenvalue weighted by Crippen LogP contribution is -2.44. The average molecular weight is 518 g/mol. The Labute approximate surface area is 223 Å². The Hall–Kier alpha value is -4.70. The van der Waals surface area contributed by atoms with E-state index in [-0.39, 0.29) is 5.82 Å². The summed E-state index contributed by atoms with van der Waals surface area (Å²) in [6, 6.07) is 14.3. The molecular formula is C29H24FN9. The Kier molecular flexibility index (Phi) is 4.80. The van der Waals surface area contributed by atoms with E-state index in [1.807, 2.05) is 28.9 Å². The van der Waals surface area contributed by atoms with Gasteiger partial charge in [-0.05, 0) is 55.4 Å². The number of hydrogen-bond acceptors (Lipinski definition) is 7. The topological polar surface area (TPSA) is 91.1 Å². The zero-order valence-electron chi connectivity index (χ0n) is 21.2. The van der Waals surface area contributed by atoms with E-state index in [2.05, 4.69) is 44.2 Å². The highest BCUT2D eigenvalue weighted by Crippen LogP contribution is 2.40. The molecule has 5 aromatic heterocycles. The SMILES string of the molecule is CN1C[C@@H]2C[C@H]1CN2c1ccc(-c2ccnc3c(-c4ccc(F)c5[nH]ncc45)c(-c4ccncc4)nn23)cn1. The van der Waals surface area contributed by atoms with E-state index in [1.54, 1.807) is 30.9 Å². The van der Waals surface area contributed by atoms with Crippen LogP contribution in [0, 0.1) is 5.82 Å². The molecule has 1 aromatic carbocycles. The number of likely N-dealkylation sites (N-methyl/N-ethyl adjacent to an activating group) is 1. The molecule has 2 aliphatic heterocycles. The molecule has 9 nitrogen and oxygen atoms in total. The van der Waals surface area contributed by atoms with Gasteiger partial charge >= 0.3 is 0 Å². The van der Waals surface area contributed by atoms with Gasteiger partial charge in [0.15, 0.2) is 5.65 Å². The number of nitrogens with zero attached hydrogens (tertiary/aromatic N) is 8. The minimum Gasteiger partial charge on any atom is -0.351 e. The molecule has 0 aliphatic carbocycles. The first-order chi connectivity index (χ1) is 19.2. The lowest BCUT2D eigenvalue weighted by molar-refractivity contribution is 0.292. The van der Waals surface area contributed by atoms with Gasteiger partial charge in [0.25, 0.3) is 0 Å². The monoisotopic (exact) mass is 517 g/mol. The van der Waals surface area contributed by atoms with Gasteiger partial charge in [0, 0.05) is 66.5 Å². The van der Waals surface area contributed by atoms with Gasteiger partial charge in [-0.1, -0.05) is 6.07 Å². The summed E-state index contributed by atoms with van der Waals surface area (Å²) in [5.74, 6) is 0.655. The van der Waals surface area contributed by atoms with Crippen LogP contribution in [0.25, 0.3) is 50.2 Å². The van der Waals surface area contributed by atoms with Gasteiger partial charge < -0.3 is 4.90 Å². The highest BCUT2D eigenvalue weighted by atomic mass is 19.1. The van der Waals surface area contributed by atoms with Gasteiger partial charge in [-0.15, -0.1) is 0 Å². The second kappa shape index (κ2) is 8.40. The van der Waals surface area contributed by atoms with E-state index in [0.29, 0.717) is 28.6 Å². The molecule has 0 saturated carbocycles. The molecule has 0 spiro atoms. The molecule has 2 atom stereocenters. The number of hydrogen-bond donors (Lipinski definition) is 1. The highest BCUT2D eigenvalue weighted by Gasteiger charge is 2.41. The van der Waals surface area contributed by atoms with Crippen molar-refractivity contribution in [3.63, 3.8) is 0 Å². The van der Waals surface area contributed by atoms with E-state index in [1.165, 1.54) is 12.5 Å². The molecule has 0 unspecified atom stereocenters. The van der Waals surface area contributed by atoms with Crippen LogP contribution in [0.5, 0.6) is 0 Å². The summed E-state index contributed by atoms with van der Waals surface area (Å²) in [6.45, 7) is 2.10. The van der Waals surface area contributed by atoms with E-state index < -0.39 is 0 Å². The number of fused-ring (bicyclic) bond motifs is 4. The Morgan fingerprint density at radius 3 is 2.56 bits per heavy atom. The van der Waals surface area contributed by atoms with Gasteiger partial charge in [-0.25, -0.2) is 18.9 Å². The maximum atomic E-state index is 14.5. The first kappa shape index (κ1) is 22.3. The van der Waals surface area contributed by atoms with Crippen molar-refractivity contribution < 1.29 is 4.39 Å². The highest BCUT2D eigenvalue weighted by molar-refractivity contribution is 6.03. The molecule has 2 fully saturated rings. The van der Waals surface area contributed by atoms with Crippen LogP contribution in [-0.4, -0.2) is 71.9 Å². The summed E-state index contributed by atoms with van der Waals surface area (Å²) in [7, 11) is 2.20. The van der Waals surface area contributed by atoms with Crippen LogP contribution in [0.15, 0.2) is 73.4 Å². The second-order valence-electron chi connectivity index (χ2n) is 10.3. The number of aromatic amines is 1. The zero-order valence-corrected chi connectivity index (χ0v) is 21.2. The quantitative estimate of drug-likeness (QED) is 0.370. The van der Waals surface area contributed by atoms with Crippen LogP contribution >= 0.6 is 0 Å². The minimum atomic E-state index is -0.356. The molecular weight excluding hydrogens is 493 g/mol. The lowest BCUT2D eigenvalue weighted by Gasteiger charge is -2.32. The fourth-order valence-corrected chi connectivity index (χ4v) is 6.20. The third kappa shape index (κ3) is 3.38. The summed E-state index contributed by atoms with van der Waals surface area (Å²) in [5, 5.41) is 12.6. The molecule has 1 N–H and O–H groups in total. The van der Waals surface area contributed by atoms with Crippen molar-refractivity contribution in [2.75, 3.05) is 25.0 Å². The van der Waals surface area contributed by atoms with Crippen LogP contribution in [0.4, 0.5) is 10.2 Å². The number of benzene rings is 1. The molecule has 39 heavy (non-hydrogen) atoms. The number of halogens is 1. The standard InChI is InChI=1S/C29H24FN9/c1-37-15-20-12-19(37)16-38(20)25-5-2-18(13-33-25)24-8-11-32-29-26(21-3-4-23(30)28-22(21)14-34-35-28)27(36-39(24)29)17-6-9-31-10-7-17/h2-11,13-14,19-20H,12,15-16H2,1H3,(H,34,35)/t19-,20-/m0/s1. The van der Waals surface area contributed by atoms with Gasteiger partial charge in [0.05, 0.1) is 17.5 Å². The largest absolute Gasteiger partial charge is 0.351 e. The van der Waals surface area contributed by atoms with E-state index >= 15 is 0 Å². The summed E-state index contributed by atoms with van der Waals surface area (Å²) >= 11 is 0. The fraction of sp³-hybridized carbons (Fsp3) is 0.207. The van der Waals surface area contributed by atoms with Crippen LogP contribution in [0.2, 0.25) is 0 Å². The molecule has 0 amide bonds. The molecule has 0 radical (unpaired) electrons. The Morgan fingerprint density at radius 1 is 0.897 bits per heavy atom. The summed E-state index contributed by atoms with van der Waals surface area (Å²) in [4.78, 5) is 18.6. The lowest BCUT2D eigenvalue weighted by atomic mass is 9.98. The van der Waals surface area contributed by atoms with Gasteiger partial charge in [-0.3, -0.25) is 15.0 Å². The molecule has 192 valence electrons. The number of rotatable bonds is 4. The van der Waals surface area contributed by atoms with Crippen molar-refractivity contribution in [2.24, 2.45) is 0 Å². The number of likely N-dealkylation sites (tertiary alicyclic amines) is 1. The number of anilines is 1. The smallest absolute Gasteiger partial charge is 0.164 e. The van der Waals surface area contributed by atoms with Crippen molar-refractivity contribution in [1.82, 2.24) is 39.7 Å². The zero-order chi connectivity index (χ0) is 26.1. The molecule has 2 bridgehead atoms. The minimum absolute atomic E-state index is 0.352. The van der Waals surface area contributed by atoms with Gasteiger partial charge in [0.1, 0.15) is 22.8 Å². The van der Waals surface area contributed by atoms with Crippen LogP contribution in [0.1, 0.15) is 6.42 Å². The molecule has 7 heterocycles. The molecule has 2 aliphatic rings. The van der Waals surface area contributed by atoms with Crippen LogP contribution in [-0.2, 0) is 0 Å². The summed E-state index contributed by atoms with van der Waals surface area (Å²) < 4.78 is 16.4. The number of nitrogens with one attached hydrogen (secondary N) is 1. The Morgan fingerprint density at radius 2 is 1.79 bits per heavy atom. The van der Waals surface area contributed by atoms with E-state index in [9.17, 15) is 4.39 Å². The number of aromatic nitrogens is 7. The van der Waals surface area contributed by atoms with Crippen molar-refractivity contribution in [3.05, 3.63) is 79.3 Å². The third-order valence-corrected chi connectivity index (χ3v) is 8.16. The Balaban J connectivity index is 1.29.